The first-order valence-corrected chi connectivity index (χ1v) is 10.1. The number of thioether (sulfide) groups is 1. The van der Waals surface area contributed by atoms with Gasteiger partial charge >= 0.3 is 5.97 Å². The van der Waals surface area contributed by atoms with E-state index in [0.29, 0.717) is 23.6 Å². The van der Waals surface area contributed by atoms with Crippen molar-refractivity contribution >= 4 is 28.6 Å². The molecular weight excluding hydrogens is 360 g/mol. The molecule has 0 spiro atoms. The molecule has 6 heteroatoms. The maximum absolute atomic E-state index is 12.7. The summed E-state index contributed by atoms with van der Waals surface area (Å²) in [5.74, 6) is -1.04. The fourth-order valence-electron chi connectivity index (χ4n) is 3.55. The number of esters is 1. The van der Waals surface area contributed by atoms with E-state index in [-0.39, 0.29) is 23.4 Å². The van der Waals surface area contributed by atoms with Crippen LogP contribution in [0.5, 0.6) is 0 Å². The number of nitrogens with zero attached hydrogens (tertiary/aromatic N) is 2. The largest absolute Gasteiger partial charge is 0.465 e. The predicted octanol–water partition coefficient (Wildman–Crippen LogP) is 3.93. The third-order valence-electron chi connectivity index (χ3n) is 4.80. The van der Waals surface area contributed by atoms with Crippen molar-refractivity contribution < 1.29 is 14.3 Å². The van der Waals surface area contributed by atoms with Gasteiger partial charge in [0.05, 0.1) is 23.5 Å². The smallest absolute Gasteiger partial charge is 0.316 e. The minimum absolute atomic E-state index is 0.0836. The lowest BCUT2D eigenvalue weighted by molar-refractivity contribution is -0.139. The van der Waals surface area contributed by atoms with Gasteiger partial charge in [0.2, 0.25) is 0 Å². The number of hydrogen-bond donors (Lipinski definition) is 0. The molecule has 5 nitrogen and oxygen atoms in total. The average Bonchev–Trinajstić information content (AvgIpc) is 2.66. The number of Topliss-reactive ketones (excluding diaryl/α,β-unsaturated/α-hetero) is 1. The molecule has 2 aliphatic rings. The molecule has 0 aromatic heterocycles. The third kappa shape index (κ3) is 4.14. The SMILES string of the molecule is CCOC(=O)CSC1=NC2=C(C(=O)CCC2)[C@H](c2ccc(C)cc2)C1C#N. The van der Waals surface area contributed by atoms with Gasteiger partial charge in [-0.25, -0.2) is 4.99 Å². The number of rotatable bonds is 4. The molecule has 1 unspecified atom stereocenters. The summed E-state index contributed by atoms with van der Waals surface area (Å²) in [4.78, 5) is 29.1. The highest BCUT2D eigenvalue weighted by Crippen LogP contribution is 2.44. The second-order valence-corrected chi connectivity index (χ2v) is 7.67. The topological polar surface area (TPSA) is 79.5 Å². The quantitative estimate of drug-likeness (QED) is 0.737. The zero-order valence-electron chi connectivity index (χ0n) is 15.5. The van der Waals surface area contributed by atoms with Crippen LogP contribution in [-0.4, -0.2) is 29.2 Å². The number of allylic oxidation sites excluding steroid dienone is 2. The zero-order valence-corrected chi connectivity index (χ0v) is 16.3. The van der Waals surface area contributed by atoms with Crippen molar-refractivity contribution in [2.45, 2.75) is 39.0 Å². The molecule has 1 aromatic carbocycles. The summed E-state index contributed by atoms with van der Waals surface area (Å²) in [6.07, 6.45) is 2.00. The number of benzene rings is 1. The molecule has 0 N–H and O–H groups in total. The lowest BCUT2D eigenvalue weighted by atomic mass is 9.74. The van der Waals surface area contributed by atoms with Crippen LogP contribution >= 0.6 is 11.8 Å². The highest BCUT2D eigenvalue weighted by atomic mass is 32.2. The molecule has 0 saturated carbocycles. The fourth-order valence-corrected chi connectivity index (χ4v) is 4.44. The van der Waals surface area contributed by atoms with Gasteiger partial charge in [-0.2, -0.15) is 5.26 Å². The van der Waals surface area contributed by atoms with Crippen LogP contribution in [0.3, 0.4) is 0 Å². The number of aryl methyl sites for hydroxylation is 1. The van der Waals surface area contributed by atoms with Crippen LogP contribution in [0.25, 0.3) is 0 Å². The van der Waals surface area contributed by atoms with E-state index in [4.69, 9.17) is 4.74 Å². The Labute approximate surface area is 163 Å². The van der Waals surface area contributed by atoms with Crippen molar-refractivity contribution in [3.05, 3.63) is 46.7 Å². The van der Waals surface area contributed by atoms with Crippen LogP contribution in [0.2, 0.25) is 0 Å². The van der Waals surface area contributed by atoms with Gasteiger partial charge in [0.15, 0.2) is 5.78 Å². The first kappa shape index (κ1) is 19.4. The van der Waals surface area contributed by atoms with Gasteiger partial charge in [0.1, 0.15) is 5.92 Å². The molecule has 27 heavy (non-hydrogen) atoms. The zero-order chi connectivity index (χ0) is 19.4. The van der Waals surface area contributed by atoms with Gasteiger partial charge in [-0.05, 0) is 32.3 Å². The molecule has 1 aliphatic heterocycles. The summed E-state index contributed by atoms with van der Waals surface area (Å²) in [6, 6.07) is 10.3. The van der Waals surface area contributed by atoms with Gasteiger partial charge in [0, 0.05) is 23.6 Å². The molecular formula is C21H22N2O3S. The number of carbonyl (C=O) groups is 2. The van der Waals surface area contributed by atoms with E-state index in [1.54, 1.807) is 6.92 Å². The van der Waals surface area contributed by atoms with Crippen molar-refractivity contribution in [1.82, 2.24) is 0 Å². The van der Waals surface area contributed by atoms with Crippen molar-refractivity contribution in [2.24, 2.45) is 10.9 Å². The van der Waals surface area contributed by atoms with Gasteiger partial charge in [-0.1, -0.05) is 41.6 Å². The summed E-state index contributed by atoms with van der Waals surface area (Å²) < 4.78 is 4.99. The van der Waals surface area contributed by atoms with Crippen LogP contribution < -0.4 is 0 Å². The Morgan fingerprint density at radius 2 is 2.07 bits per heavy atom. The number of carbonyl (C=O) groups excluding carboxylic acids is 2. The van der Waals surface area contributed by atoms with Crippen LogP contribution in [0.15, 0.2) is 40.5 Å². The Hall–Kier alpha value is -2.39. The van der Waals surface area contributed by atoms with Crippen molar-refractivity contribution in [3.63, 3.8) is 0 Å². The molecule has 0 amide bonds. The number of aliphatic imine (C=N–C) groups is 1. The van der Waals surface area contributed by atoms with E-state index in [1.165, 1.54) is 11.8 Å². The van der Waals surface area contributed by atoms with Crippen molar-refractivity contribution in [1.29, 1.82) is 5.26 Å². The maximum Gasteiger partial charge on any atom is 0.316 e. The number of ketones is 1. The Balaban J connectivity index is 2.00. The highest BCUT2D eigenvalue weighted by molar-refractivity contribution is 8.14. The minimum Gasteiger partial charge on any atom is -0.465 e. The van der Waals surface area contributed by atoms with Crippen LogP contribution in [0, 0.1) is 24.2 Å². The Morgan fingerprint density at radius 1 is 1.33 bits per heavy atom. The molecule has 3 rings (SSSR count). The molecule has 1 aliphatic carbocycles. The van der Waals surface area contributed by atoms with Crippen LogP contribution in [-0.2, 0) is 14.3 Å². The van der Waals surface area contributed by atoms with E-state index < -0.39 is 5.92 Å². The summed E-state index contributed by atoms with van der Waals surface area (Å²) in [6.45, 7) is 4.09. The summed E-state index contributed by atoms with van der Waals surface area (Å²) in [5, 5.41) is 10.5. The second kappa shape index (κ2) is 8.53. The maximum atomic E-state index is 12.7. The molecule has 0 saturated heterocycles. The molecule has 0 radical (unpaired) electrons. The molecule has 140 valence electrons. The van der Waals surface area contributed by atoms with E-state index in [1.807, 2.05) is 31.2 Å². The van der Waals surface area contributed by atoms with E-state index in [9.17, 15) is 14.9 Å². The normalized spacial score (nSPS) is 22.0. The second-order valence-electron chi connectivity index (χ2n) is 6.68. The van der Waals surface area contributed by atoms with Crippen LogP contribution in [0.1, 0.15) is 43.2 Å². The van der Waals surface area contributed by atoms with Crippen LogP contribution in [0.4, 0.5) is 0 Å². The number of nitriles is 1. The minimum atomic E-state index is -0.576. The Morgan fingerprint density at radius 3 is 2.74 bits per heavy atom. The summed E-state index contributed by atoms with van der Waals surface area (Å²) >= 11 is 1.24. The molecule has 1 heterocycles. The van der Waals surface area contributed by atoms with Crippen molar-refractivity contribution in [2.75, 3.05) is 12.4 Å². The fraction of sp³-hybridized carbons (Fsp3) is 0.429. The first-order valence-electron chi connectivity index (χ1n) is 9.14. The van der Waals surface area contributed by atoms with Gasteiger partial charge in [-0.3, -0.25) is 9.59 Å². The first-order chi connectivity index (χ1) is 13.0. The Bertz CT molecular complexity index is 849. The van der Waals surface area contributed by atoms with E-state index in [0.717, 1.165) is 29.7 Å². The van der Waals surface area contributed by atoms with Gasteiger partial charge < -0.3 is 4.74 Å². The number of hydrogen-bond acceptors (Lipinski definition) is 6. The summed E-state index contributed by atoms with van der Waals surface area (Å²) in [5.41, 5.74) is 3.52. The van der Waals surface area contributed by atoms with E-state index in [2.05, 4.69) is 11.1 Å². The molecule has 0 fully saturated rings. The highest BCUT2D eigenvalue weighted by Gasteiger charge is 2.40. The van der Waals surface area contributed by atoms with E-state index >= 15 is 0 Å². The third-order valence-corrected chi connectivity index (χ3v) is 5.82. The van der Waals surface area contributed by atoms with Crippen molar-refractivity contribution in [3.8, 4) is 6.07 Å². The van der Waals surface area contributed by atoms with Gasteiger partial charge in [-0.15, -0.1) is 0 Å². The molecule has 0 bridgehead atoms. The molecule has 1 aromatic rings. The summed E-state index contributed by atoms with van der Waals surface area (Å²) in [7, 11) is 0. The van der Waals surface area contributed by atoms with Gasteiger partial charge in [0.25, 0.3) is 0 Å². The predicted molar refractivity (Wildman–Crippen MR) is 105 cm³/mol. The Kier molecular flexibility index (Phi) is 6.12. The lowest BCUT2D eigenvalue weighted by Gasteiger charge is -2.33. The monoisotopic (exact) mass is 382 g/mol. The lowest BCUT2D eigenvalue weighted by Crippen LogP contribution is -2.31. The standard InChI is InChI=1S/C21H22N2O3S/c1-3-26-18(25)12-27-21-15(11-22)19(14-9-7-13(2)8-10-14)20-16(23-21)5-4-6-17(20)24/h7-10,15,19H,3-6,12H2,1-2H3/t15?,19-/m1/s1. The number of ether oxygens (including phenoxy) is 1. The average molecular weight is 382 g/mol. The molecule has 2 atom stereocenters.